The van der Waals surface area contributed by atoms with Crippen LogP contribution in [0.2, 0.25) is 0 Å². The molecule has 1 saturated heterocycles. The molecule has 1 fully saturated rings. The van der Waals surface area contributed by atoms with Crippen molar-refractivity contribution in [2.45, 2.75) is 64.3 Å². The molecule has 1 rings (SSSR count). The van der Waals surface area contributed by atoms with Crippen LogP contribution in [-0.2, 0) is 19.1 Å². The Bertz CT molecular complexity index is 299. The van der Waals surface area contributed by atoms with Crippen molar-refractivity contribution < 1.29 is 19.1 Å². The molecule has 5 nitrogen and oxygen atoms in total. The zero-order valence-corrected chi connectivity index (χ0v) is 14.0. The lowest BCUT2D eigenvalue weighted by molar-refractivity contribution is -0.142. The van der Waals surface area contributed by atoms with Gasteiger partial charge in [-0.25, -0.2) is 4.79 Å². The van der Waals surface area contributed by atoms with Crippen LogP contribution in [0, 0.1) is 0 Å². The summed E-state index contributed by atoms with van der Waals surface area (Å²) in [6, 6.07) is -0.482. The molecule has 124 valence electrons. The van der Waals surface area contributed by atoms with Crippen molar-refractivity contribution in [3.8, 4) is 0 Å². The van der Waals surface area contributed by atoms with Gasteiger partial charge in [-0.1, -0.05) is 45.4 Å². The summed E-state index contributed by atoms with van der Waals surface area (Å²) < 4.78 is 10.1. The van der Waals surface area contributed by atoms with Crippen LogP contribution in [0.1, 0.15) is 58.3 Å². The van der Waals surface area contributed by atoms with Crippen LogP contribution in [0.15, 0.2) is 0 Å². The summed E-state index contributed by atoms with van der Waals surface area (Å²) in [5.74, 6) is -0.581. The standard InChI is InChI=1S/C15H27NO4.H2S/c1-2-3-4-5-6-7-8-10-19-12-14(17)16-13-9-11-20-15(13)18;/h13H,2-12H2,1H3,(H,16,17);1H2/t13-;/m0./s1. The van der Waals surface area contributed by atoms with Gasteiger partial charge in [0.05, 0.1) is 6.61 Å². The number of ether oxygens (including phenoxy) is 2. The lowest BCUT2D eigenvalue weighted by Gasteiger charge is -2.09. The van der Waals surface area contributed by atoms with E-state index < -0.39 is 6.04 Å². The predicted molar refractivity (Wildman–Crippen MR) is 86.7 cm³/mol. The first kappa shape index (κ1) is 20.2. The number of rotatable bonds is 11. The second-order valence-electron chi connectivity index (χ2n) is 5.25. The number of nitrogens with one attached hydrogen (secondary N) is 1. The van der Waals surface area contributed by atoms with E-state index in [0.29, 0.717) is 19.6 Å². The molecule has 0 radical (unpaired) electrons. The van der Waals surface area contributed by atoms with Crippen LogP contribution in [-0.4, -0.2) is 37.7 Å². The molecule has 6 heteroatoms. The maximum atomic E-state index is 11.5. The van der Waals surface area contributed by atoms with Gasteiger partial charge in [0.25, 0.3) is 0 Å². The van der Waals surface area contributed by atoms with Crippen molar-refractivity contribution in [2.75, 3.05) is 19.8 Å². The van der Waals surface area contributed by atoms with Crippen molar-refractivity contribution in [1.29, 1.82) is 0 Å². The van der Waals surface area contributed by atoms with Gasteiger partial charge in [0.1, 0.15) is 12.6 Å². The van der Waals surface area contributed by atoms with E-state index in [0.717, 1.165) is 12.8 Å². The third kappa shape index (κ3) is 9.74. The third-order valence-electron chi connectivity index (χ3n) is 3.40. The molecular formula is C15H29NO4S. The molecule has 1 amide bonds. The highest BCUT2D eigenvalue weighted by molar-refractivity contribution is 7.59. The van der Waals surface area contributed by atoms with E-state index in [9.17, 15) is 9.59 Å². The molecular weight excluding hydrogens is 290 g/mol. The topological polar surface area (TPSA) is 64.6 Å². The highest BCUT2D eigenvalue weighted by Gasteiger charge is 2.27. The highest BCUT2D eigenvalue weighted by atomic mass is 32.1. The lowest BCUT2D eigenvalue weighted by Crippen LogP contribution is -2.39. The van der Waals surface area contributed by atoms with E-state index in [2.05, 4.69) is 12.2 Å². The first-order valence-corrected chi connectivity index (χ1v) is 7.77. The molecule has 0 aromatic rings. The SMILES string of the molecule is CCCCCCCCCOCC(=O)N[C@H]1CCOC1=O.S. The zero-order chi connectivity index (χ0) is 14.6. The van der Waals surface area contributed by atoms with Gasteiger partial charge in [0.15, 0.2) is 0 Å². The summed E-state index contributed by atoms with van der Waals surface area (Å²) in [6.07, 6.45) is 9.14. The Balaban J connectivity index is 0.00000400. The van der Waals surface area contributed by atoms with Gasteiger partial charge < -0.3 is 14.8 Å². The van der Waals surface area contributed by atoms with Crippen molar-refractivity contribution in [3.63, 3.8) is 0 Å². The maximum Gasteiger partial charge on any atom is 0.328 e. The van der Waals surface area contributed by atoms with Gasteiger partial charge in [-0.2, -0.15) is 13.5 Å². The van der Waals surface area contributed by atoms with E-state index >= 15 is 0 Å². The summed E-state index contributed by atoms with van der Waals surface area (Å²) in [7, 11) is 0. The maximum absolute atomic E-state index is 11.5. The van der Waals surface area contributed by atoms with Crippen molar-refractivity contribution >= 4 is 25.4 Å². The molecule has 0 bridgehead atoms. The highest BCUT2D eigenvalue weighted by Crippen LogP contribution is 2.07. The minimum absolute atomic E-state index is 0. The quantitative estimate of drug-likeness (QED) is 0.469. The lowest BCUT2D eigenvalue weighted by atomic mass is 10.1. The molecule has 0 aromatic carbocycles. The molecule has 0 spiro atoms. The first-order chi connectivity index (χ1) is 9.74. The fourth-order valence-electron chi connectivity index (χ4n) is 2.19. The van der Waals surface area contributed by atoms with E-state index in [1.54, 1.807) is 0 Å². The van der Waals surface area contributed by atoms with Crippen molar-refractivity contribution in [2.24, 2.45) is 0 Å². The average Bonchev–Trinajstić information content (AvgIpc) is 2.82. The second-order valence-corrected chi connectivity index (χ2v) is 5.25. The van der Waals surface area contributed by atoms with Crippen LogP contribution in [0.3, 0.4) is 0 Å². The Labute approximate surface area is 134 Å². The molecule has 1 aliphatic heterocycles. The normalized spacial score (nSPS) is 17.2. The fraction of sp³-hybridized carbons (Fsp3) is 0.867. The molecule has 1 aliphatic rings. The fourth-order valence-corrected chi connectivity index (χ4v) is 2.19. The van der Waals surface area contributed by atoms with Gasteiger partial charge in [-0.15, -0.1) is 0 Å². The number of carbonyl (C=O) groups is 2. The Hall–Kier alpha value is -0.750. The number of amides is 1. The largest absolute Gasteiger partial charge is 0.464 e. The number of hydrogen-bond acceptors (Lipinski definition) is 4. The van der Waals surface area contributed by atoms with Crippen LogP contribution in [0.4, 0.5) is 0 Å². The molecule has 1 atom stereocenters. The molecule has 1 N–H and O–H groups in total. The van der Waals surface area contributed by atoms with Gasteiger partial charge in [-0.05, 0) is 6.42 Å². The molecule has 1 heterocycles. The van der Waals surface area contributed by atoms with Gasteiger partial charge >= 0.3 is 5.97 Å². The number of unbranched alkanes of at least 4 members (excludes halogenated alkanes) is 6. The van der Waals surface area contributed by atoms with Crippen LogP contribution < -0.4 is 5.32 Å². The Morgan fingerprint density at radius 2 is 1.90 bits per heavy atom. The summed E-state index contributed by atoms with van der Waals surface area (Å²) in [5.41, 5.74) is 0. The summed E-state index contributed by atoms with van der Waals surface area (Å²) in [4.78, 5) is 22.7. The van der Waals surface area contributed by atoms with E-state index in [1.807, 2.05) is 0 Å². The number of carbonyl (C=O) groups excluding carboxylic acids is 2. The molecule has 0 aromatic heterocycles. The number of cyclic esters (lactones) is 1. The monoisotopic (exact) mass is 319 g/mol. The predicted octanol–water partition coefficient (Wildman–Crippen LogP) is 2.30. The van der Waals surface area contributed by atoms with Crippen LogP contribution in [0.25, 0.3) is 0 Å². The van der Waals surface area contributed by atoms with Gasteiger partial charge in [-0.3, -0.25) is 4.79 Å². The zero-order valence-electron chi connectivity index (χ0n) is 13.0. The van der Waals surface area contributed by atoms with Crippen molar-refractivity contribution in [3.05, 3.63) is 0 Å². The van der Waals surface area contributed by atoms with Crippen LogP contribution in [0.5, 0.6) is 0 Å². The summed E-state index contributed by atoms with van der Waals surface area (Å²) >= 11 is 0. The number of hydrogen-bond donors (Lipinski definition) is 1. The van der Waals surface area contributed by atoms with Gasteiger partial charge in [0, 0.05) is 13.0 Å². The van der Waals surface area contributed by atoms with Gasteiger partial charge in [0.2, 0.25) is 5.91 Å². The Morgan fingerprint density at radius 3 is 2.52 bits per heavy atom. The minimum Gasteiger partial charge on any atom is -0.464 e. The number of esters is 1. The van der Waals surface area contributed by atoms with E-state index in [4.69, 9.17) is 9.47 Å². The van der Waals surface area contributed by atoms with E-state index in [1.165, 1.54) is 32.1 Å². The minimum atomic E-state index is -0.482. The first-order valence-electron chi connectivity index (χ1n) is 7.77. The smallest absolute Gasteiger partial charge is 0.328 e. The summed E-state index contributed by atoms with van der Waals surface area (Å²) in [6.45, 7) is 3.24. The van der Waals surface area contributed by atoms with Crippen molar-refractivity contribution in [1.82, 2.24) is 5.32 Å². The molecule has 0 saturated carbocycles. The third-order valence-corrected chi connectivity index (χ3v) is 3.40. The average molecular weight is 319 g/mol. The molecule has 0 aliphatic carbocycles. The van der Waals surface area contributed by atoms with Crippen LogP contribution >= 0.6 is 13.5 Å². The van der Waals surface area contributed by atoms with E-state index in [-0.39, 0.29) is 32.0 Å². The molecule has 21 heavy (non-hydrogen) atoms. The Kier molecular flexibility index (Phi) is 12.5. The summed E-state index contributed by atoms with van der Waals surface area (Å²) in [5, 5.41) is 2.62. The second kappa shape index (κ2) is 13.0. The molecule has 0 unspecified atom stereocenters. The Morgan fingerprint density at radius 1 is 1.24 bits per heavy atom.